The van der Waals surface area contributed by atoms with E-state index in [9.17, 15) is 4.39 Å². The summed E-state index contributed by atoms with van der Waals surface area (Å²) in [4.78, 5) is 13.6. The smallest absolute Gasteiger partial charge is 0.134 e. The summed E-state index contributed by atoms with van der Waals surface area (Å²) < 4.78 is 13.1. The molecular formula is C18H24FN5. The van der Waals surface area contributed by atoms with Gasteiger partial charge < -0.3 is 15.1 Å². The van der Waals surface area contributed by atoms with E-state index < -0.39 is 0 Å². The average Bonchev–Trinajstić information content (AvgIpc) is 2.60. The first-order valence-corrected chi connectivity index (χ1v) is 8.50. The Morgan fingerprint density at radius 3 is 2.38 bits per heavy atom. The molecule has 0 aliphatic carbocycles. The lowest BCUT2D eigenvalue weighted by Crippen LogP contribution is -2.46. The second-order valence-electron chi connectivity index (χ2n) is 6.04. The van der Waals surface area contributed by atoms with E-state index in [1.807, 2.05) is 25.1 Å². The second kappa shape index (κ2) is 7.47. The van der Waals surface area contributed by atoms with Gasteiger partial charge in [0, 0.05) is 44.5 Å². The third kappa shape index (κ3) is 3.93. The van der Waals surface area contributed by atoms with Gasteiger partial charge in [0.2, 0.25) is 0 Å². The Kier molecular flexibility index (Phi) is 5.13. The zero-order valence-electron chi connectivity index (χ0n) is 14.3. The number of nitrogens with zero attached hydrogens (tertiary/aromatic N) is 4. The van der Waals surface area contributed by atoms with Crippen molar-refractivity contribution < 1.29 is 4.39 Å². The molecule has 1 aromatic carbocycles. The summed E-state index contributed by atoms with van der Waals surface area (Å²) in [5.41, 5.74) is 1.07. The standard InChI is InChI=1S/C18H24FN5/c1-3-8-20-17-13-18(22-14(2)21-17)24-11-9-23(10-12-24)16-6-4-15(19)5-7-16/h4-7,13H,3,8-12H2,1-2H3,(H,20,21,22). The van der Waals surface area contributed by atoms with Crippen LogP contribution in [0.4, 0.5) is 21.7 Å². The van der Waals surface area contributed by atoms with Gasteiger partial charge in [-0.05, 0) is 37.6 Å². The van der Waals surface area contributed by atoms with E-state index in [1.165, 1.54) is 12.1 Å². The van der Waals surface area contributed by atoms with Crippen LogP contribution < -0.4 is 15.1 Å². The van der Waals surface area contributed by atoms with Gasteiger partial charge in [-0.15, -0.1) is 0 Å². The number of halogens is 1. The lowest BCUT2D eigenvalue weighted by molar-refractivity contribution is 0.624. The molecule has 5 nitrogen and oxygen atoms in total. The molecular weight excluding hydrogens is 305 g/mol. The molecule has 1 N–H and O–H groups in total. The van der Waals surface area contributed by atoms with Crippen molar-refractivity contribution in [3.05, 3.63) is 42.0 Å². The molecule has 0 saturated carbocycles. The molecule has 1 saturated heterocycles. The van der Waals surface area contributed by atoms with Gasteiger partial charge in [-0.25, -0.2) is 14.4 Å². The SMILES string of the molecule is CCCNc1cc(N2CCN(c3ccc(F)cc3)CC2)nc(C)n1. The molecule has 0 bridgehead atoms. The monoisotopic (exact) mass is 329 g/mol. The van der Waals surface area contributed by atoms with Gasteiger partial charge in [0.15, 0.2) is 0 Å². The first-order chi connectivity index (χ1) is 11.7. The van der Waals surface area contributed by atoms with Gasteiger partial charge in [0.1, 0.15) is 23.3 Å². The molecule has 0 atom stereocenters. The summed E-state index contributed by atoms with van der Waals surface area (Å²) in [6, 6.07) is 8.73. The maximum absolute atomic E-state index is 13.1. The first-order valence-electron chi connectivity index (χ1n) is 8.50. The summed E-state index contributed by atoms with van der Waals surface area (Å²) >= 11 is 0. The van der Waals surface area contributed by atoms with Crippen LogP contribution in [0.15, 0.2) is 30.3 Å². The number of hydrogen-bond donors (Lipinski definition) is 1. The van der Waals surface area contributed by atoms with Crippen LogP contribution in [0.2, 0.25) is 0 Å². The van der Waals surface area contributed by atoms with Gasteiger partial charge in [-0.3, -0.25) is 0 Å². The summed E-state index contributed by atoms with van der Waals surface area (Å²) in [5, 5.41) is 3.33. The van der Waals surface area contributed by atoms with Crippen LogP contribution in [0.3, 0.4) is 0 Å². The topological polar surface area (TPSA) is 44.3 Å². The van der Waals surface area contributed by atoms with Crippen LogP contribution in [0.1, 0.15) is 19.2 Å². The van der Waals surface area contributed by atoms with Crippen LogP contribution in [0.25, 0.3) is 0 Å². The third-order valence-electron chi connectivity index (χ3n) is 4.18. The highest BCUT2D eigenvalue weighted by molar-refractivity contribution is 5.52. The molecule has 1 aliphatic rings. The average molecular weight is 329 g/mol. The largest absolute Gasteiger partial charge is 0.370 e. The normalized spacial score (nSPS) is 14.8. The molecule has 2 aromatic rings. The second-order valence-corrected chi connectivity index (χ2v) is 6.04. The number of hydrogen-bond acceptors (Lipinski definition) is 5. The molecule has 1 aromatic heterocycles. The number of aryl methyl sites for hydroxylation is 1. The summed E-state index contributed by atoms with van der Waals surface area (Å²) in [6.07, 6.45) is 1.06. The van der Waals surface area contributed by atoms with Crippen molar-refractivity contribution >= 4 is 17.3 Å². The molecule has 0 unspecified atom stereocenters. The molecule has 128 valence electrons. The van der Waals surface area contributed by atoms with E-state index in [-0.39, 0.29) is 5.82 Å². The molecule has 2 heterocycles. The number of piperazine rings is 1. The molecule has 1 aliphatic heterocycles. The van der Waals surface area contributed by atoms with Crippen molar-refractivity contribution in [2.75, 3.05) is 47.8 Å². The predicted octanol–water partition coefficient (Wildman–Crippen LogP) is 3.07. The summed E-state index contributed by atoms with van der Waals surface area (Å²) in [7, 11) is 0. The zero-order valence-corrected chi connectivity index (χ0v) is 14.3. The summed E-state index contributed by atoms with van der Waals surface area (Å²) in [5.74, 6) is 2.45. The number of benzene rings is 1. The van der Waals surface area contributed by atoms with E-state index in [0.717, 1.165) is 62.3 Å². The highest BCUT2D eigenvalue weighted by Crippen LogP contribution is 2.21. The number of nitrogens with one attached hydrogen (secondary N) is 1. The fourth-order valence-corrected chi connectivity index (χ4v) is 2.90. The van der Waals surface area contributed by atoms with Crippen molar-refractivity contribution in [1.29, 1.82) is 0 Å². The van der Waals surface area contributed by atoms with Crippen molar-refractivity contribution in [2.45, 2.75) is 20.3 Å². The quantitative estimate of drug-likeness (QED) is 0.913. The molecule has 6 heteroatoms. The van der Waals surface area contributed by atoms with E-state index in [1.54, 1.807) is 0 Å². The molecule has 24 heavy (non-hydrogen) atoms. The lowest BCUT2D eigenvalue weighted by atomic mass is 10.2. The fourth-order valence-electron chi connectivity index (χ4n) is 2.90. The van der Waals surface area contributed by atoms with Gasteiger partial charge in [0.05, 0.1) is 0 Å². The lowest BCUT2D eigenvalue weighted by Gasteiger charge is -2.36. The zero-order chi connectivity index (χ0) is 16.9. The Hall–Kier alpha value is -2.37. The maximum Gasteiger partial charge on any atom is 0.134 e. The Balaban J connectivity index is 1.65. The molecule has 3 rings (SSSR count). The number of anilines is 3. The minimum absolute atomic E-state index is 0.194. The van der Waals surface area contributed by atoms with Gasteiger partial charge in [-0.1, -0.05) is 6.92 Å². The van der Waals surface area contributed by atoms with Gasteiger partial charge in [0.25, 0.3) is 0 Å². The van der Waals surface area contributed by atoms with E-state index in [0.29, 0.717) is 0 Å². The van der Waals surface area contributed by atoms with Crippen LogP contribution >= 0.6 is 0 Å². The van der Waals surface area contributed by atoms with Crippen LogP contribution in [0, 0.1) is 12.7 Å². The van der Waals surface area contributed by atoms with Crippen molar-refractivity contribution in [2.24, 2.45) is 0 Å². The van der Waals surface area contributed by atoms with E-state index in [2.05, 4.69) is 32.0 Å². The maximum atomic E-state index is 13.1. The summed E-state index contributed by atoms with van der Waals surface area (Å²) in [6.45, 7) is 8.54. The fraction of sp³-hybridized carbons (Fsp3) is 0.444. The van der Waals surface area contributed by atoms with Crippen LogP contribution in [-0.2, 0) is 0 Å². The van der Waals surface area contributed by atoms with Crippen LogP contribution in [-0.4, -0.2) is 42.7 Å². The van der Waals surface area contributed by atoms with Crippen LogP contribution in [0.5, 0.6) is 0 Å². The third-order valence-corrected chi connectivity index (χ3v) is 4.18. The molecule has 1 fully saturated rings. The Morgan fingerprint density at radius 2 is 1.71 bits per heavy atom. The predicted molar refractivity (Wildman–Crippen MR) is 96.4 cm³/mol. The van der Waals surface area contributed by atoms with E-state index in [4.69, 9.17) is 0 Å². The Bertz CT molecular complexity index is 666. The molecule has 0 amide bonds. The Labute approximate surface area is 142 Å². The number of rotatable bonds is 5. The Morgan fingerprint density at radius 1 is 1.04 bits per heavy atom. The highest BCUT2D eigenvalue weighted by Gasteiger charge is 2.19. The molecule has 0 radical (unpaired) electrons. The minimum atomic E-state index is -0.194. The number of aromatic nitrogens is 2. The van der Waals surface area contributed by atoms with Crippen molar-refractivity contribution in [3.8, 4) is 0 Å². The van der Waals surface area contributed by atoms with Crippen molar-refractivity contribution in [1.82, 2.24) is 9.97 Å². The van der Waals surface area contributed by atoms with Crippen molar-refractivity contribution in [3.63, 3.8) is 0 Å². The van der Waals surface area contributed by atoms with Gasteiger partial charge >= 0.3 is 0 Å². The van der Waals surface area contributed by atoms with E-state index >= 15 is 0 Å². The van der Waals surface area contributed by atoms with Gasteiger partial charge in [-0.2, -0.15) is 0 Å². The molecule has 0 spiro atoms. The minimum Gasteiger partial charge on any atom is -0.370 e. The highest BCUT2D eigenvalue weighted by atomic mass is 19.1. The first kappa shape index (κ1) is 16.5.